The second-order valence-electron chi connectivity index (χ2n) is 9.39. The molecule has 1 aromatic carbocycles. The van der Waals surface area contributed by atoms with E-state index in [0.717, 1.165) is 36.9 Å². The second kappa shape index (κ2) is 9.90. The van der Waals surface area contributed by atoms with Crippen molar-refractivity contribution in [2.45, 2.75) is 57.7 Å². The monoisotopic (exact) mass is 489 g/mol. The molecule has 1 fully saturated rings. The third kappa shape index (κ3) is 4.85. The SMILES string of the molecule is CNc1cc(N[C@H]2CC[C@H](N)CC2)nn2c(C(=O)Nc3cccc(-c4nnn(C(C)C)n4)c3)cnc12. The molecule has 1 aliphatic carbocycles. The van der Waals surface area contributed by atoms with Crippen LogP contribution in [0.25, 0.3) is 17.0 Å². The predicted octanol–water partition coefficient (Wildman–Crippen LogP) is 2.94. The fraction of sp³-hybridized carbons (Fsp3) is 0.417. The van der Waals surface area contributed by atoms with Gasteiger partial charge in [0, 0.05) is 36.4 Å². The topological polar surface area (TPSA) is 153 Å². The van der Waals surface area contributed by atoms with Crippen LogP contribution in [0.4, 0.5) is 17.2 Å². The van der Waals surface area contributed by atoms with Gasteiger partial charge in [0.2, 0.25) is 5.82 Å². The minimum Gasteiger partial charge on any atom is -0.385 e. The van der Waals surface area contributed by atoms with Gasteiger partial charge in [-0.05, 0) is 56.9 Å². The Kier molecular flexibility index (Phi) is 6.51. The first kappa shape index (κ1) is 23.7. The fourth-order valence-corrected chi connectivity index (χ4v) is 4.34. The Hall–Kier alpha value is -4.06. The summed E-state index contributed by atoms with van der Waals surface area (Å²) in [4.78, 5) is 19.2. The summed E-state index contributed by atoms with van der Waals surface area (Å²) in [7, 11) is 1.82. The molecule has 3 heterocycles. The van der Waals surface area contributed by atoms with Crippen molar-refractivity contribution in [2.75, 3.05) is 23.0 Å². The first-order valence-electron chi connectivity index (χ1n) is 12.2. The van der Waals surface area contributed by atoms with Gasteiger partial charge in [0.25, 0.3) is 5.91 Å². The van der Waals surface area contributed by atoms with Crippen LogP contribution >= 0.6 is 0 Å². The Morgan fingerprint density at radius 1 is 1.14 bits per heavy atom. The minimum absolute atomic E-state index is 0.106. The van der Waals surface area contributed by atoms with Gasteiger partial charge in [0.05, 0.1) is 17.9 Å². The molecule has 1 amide bonds. The number of carbonyl (C=O) groups excluding carboxylic acids is 1. The highest BCUT2D eigenvalue weighted by molar-refractivity contribution is 6.04. The smallest absolute Gasteiger partial charge is 0.276 e. The van der Waals surface area contributed by atoms with Crippen molar-refractivity contribution in [3.8, 4) is 11.4 Å². The fourth-order valence-electron chi connectivity index (χ4n) is 4.34. The molecular weight excluding hydrogens is 458 g/mol. The normalized spacial score (nSPS) is 17.9. The molecule has 5 N–H and O–H groups in total. The number of aromatic nitrogens is 7. The average Bonchev–Trinajstić information content (AvgIpc) is 3.53. The molecule has 3 aromatic heterocycles. The van der Waals surface area contributed by atoms with Crippen LogP contribution in [0, 0.1) is 0 Å². The van der Waals surface area contributed by atoms with Crippen molar-refractivity contribution in [1.29, 1.82) is 0 Å². The number of fused-ring (bicyclic) bond motifs is 1. The summed E-state index contributed by atoms with van der Waals surface area (Å²) < 4.78 is 1.57. The van der Waals surface area contributed by atoms with Gasteiger partial charge >= 0.3 is 0 Å². The number of imidazole rings is 1. The molecule has 0 radical (unpaired) electrons. The Morgan fingerprint density at radius 3 is 2.67 bits per heavy atom. The third-order valence-electron chi connectivity index (χ3n) is 6.36. The van der Waals surface area contributed by atoms with E-state index < -0.39 is 0 Å². The summed E-state index contributed by atoms with van der Waals surface area (Å²) in [6.07, 6.45) is 5.48. The van der Waals surface area contributed by atoms with Gasteiger partial charge in [0.1, 0.15) is 5.82 Å². The van der Waals surface area contributed by atoms with E-state index in [-0.39, 0.29) is 18.0 Å². The van der Waals surface area contributed by atoms with Crippen LogP contribution in [0.5, 0.6) is 0 Å². The maximum Gasteiger partial charge on any atom is 0.276 e. The molecule has 188 valence electrons. The van der Waals surface area contributed by atoms with Gasteiger partial charge in [-0.15, -0.1) is 15.3 Å². The second-order valence-corrected chi connectivity index (χ2v) is 9.39. The van der Waals surface area contributed by atoms with Gasteiger partial charge in [-0.3, -0.25) is 4.79 Å². The number of tetrazole rings is 1. The first-order chi connectivity index (χ1) is 17.4. The lowest BCUT2D eigenvalue weighted by Gasteiger charge is -2.27. The lowest BCUT2D eigenvalue weighted by atomic mass is 9.92. The minimum atomic E-state index is -0.325. The van der Waals surface area contributed by atoms with Crippen LogP contribution in [0.3, 0.4) is 0 Å². The number of anilines is 3. The lowest BCUT2D eigenvalue weighted by molar-refractivity contribution is 0.102. The molecule has 0 atom stereocenters. The number of nitrogens with one attached hydrogen (secondary N) is 3. The van der Waals surface area contributed by atoms with Crippen LogP contribution in [0.1, 0.15) is 56.1 Å². The number of nitrogens with zero attached hydrogens (tertiary/aromatic N) is 7. The highest BCUT2D eigenvalue weighted by Crippen LogP contribution is 2.25. The summed E-state index contributed by atoms with van der Waals surface area (Å²) in [5.41, 5.74) is 9.08. The van der Waals surface area contributed by atoms with E-state index in [1.807, 2.05) is 51.2 Å². The Bertz CT molecular complexity index is 1370. The third-order valence-corrected chi connectivity index (χ3v) is 6.36. The largest absolute Gasteiger partial charge is 0.385 e. The van der Waals surface area contributed by atoms with Crippen LogP contribution in [0.15, 0.2) is 36.5 Å². The first-order valence-corrected chi connectivity index (χ1v) is 12.2. The quantitative estimate of drug-likeness (QED) is 0.307. The van der Waals surface area contributed by atoms with Crippen molar-refractivity contribution in [3.05, 3.63) is 42.2 Å². The Morgan fingerprint density at radius 2 is 1.94 bits per heavy atom. The zero-order valence-electron chi connectivity index (χ0n) is 20.6. The number of hydrogen-bond donors (Lipinski definition) is 4. The molecule has 0 aliphatic heterocycles. The number of amides is 1. The summed E-state index contributed by atoms with van der Waals surface area (Å²) in [6, 6.07) is 9.93. The molecule has 36 heavy (non-hydrogen) atoms. The van der Waals surface area contributed by atoms with Gasteiger partial charge < -0.3 is 21.7 Å². The van der Waals surface area contributed by atoms with Crippen LogP contribution in [-0.2, 0) is 0 Å². The van der Waals surface area contributed by atoms with Gasteiger partial charge in [0.15, 0.2) is 11.3 Å². The molecule has 0 spiro atoms. The van der Waals surface area contributed by atoms with Crippen LogP contribution in [0.2, 0.25) is 0 Å². The van der Waals surface area contributed by atoms with Crippen molar-refractivity contribution < 1.29 is 4.79 Å². The van der Waals surface area contributed by atoms with Crippen molar-refractivity contribution >= 4 is 28.7 Å². The standard InChI is InChI=1S/C24H31N11O/c1-14(2)35-32-22(30-33-35)15-5-4-6-18(11-15)29-24(36)20-13-27-23-19(26-3)12-21(31-34(20)23)28-17-9-7-16(25)8-10-17/h4-6,11-14,16-17,26H,7-10,25H2,1-3H3,(H,28,31)(H,29,36)/t16-,17-. The molecule has 0 saturated heterocycles. The molecule has 1 saturated carbocycles. The molecule has 0 bridgehead atoms. The number of benzene rings is 1. The predicted molar refractivity (Wildman–Crippen MR) is 138 cm³/mol. The molecule has 4 aromatic rings. The van der Waals surface area contributed by atoms with Gasteiger partial charge in [-0.1, -0.05) is 12.1 Å². The summed E-state index contributed by atoms with van der Waals surface area (Å²) in [6.45, 7) is 3.97. The zero-order chi connectivity index (χ0) is 25.2. The van der Waals surface area contributed by atoms with E-state index >= 15 is 0 Å². The van der Waals surface area contributed by atoms with E-state index in [0.29, 0.717) is 34.7 Å². The lowest BCUT2D eigenvalue weighted by Crippen LogP contribution is -2.33. The van der Waals surface area contributed by atoms with Crippen molar-refractivity contribution in [2.24, 2.45) is 5.73 Å². The van der Waals surface area contributed by atoms with E-state index in [2.05, 4.69) is 41.4 Å². The molecular formula is C24H31N11O. The molecule has 12 nitrogen and oxygen atoms in total. The number of hydrogen-bond acceptors (Lipinski definition) is 9. The molecule has 1 aliphatic rings. The summed E-state index contributed by atoms with van der Waals surface area (Å²) >= 11 is 0. The summed E-state index contributed by atoms with van der Waals surface area (Å²) in [5, 5.41) is 26.9. The average molecular weight is 490 g/mol. The maximum absolute atomic E-state index is 13.3. The number of carbonyl (C=O) groups is 1. The van der Waals surface area contributed by atoms with Crippen LogP contribution < -0.4 is 21.7 Å². The zero-order valence-corrected chi connectivity index (χ0v) is 20.6. The summed E-state index contributed by atoms with van der Waals surface area (Å²) in [5.74, 6) is 0.851. The molecule has 0 unspecified atom stereocenters. The molecule has 12 heteroatoms. The highest BCUT2D eigenvalue weighted by atomic mass is 16.2. The molecule has 5 rings (SSSR count). The maximum atomic E-state index is 13.3. The number of nitrogens with two attached hydrogens (primary N) is 1. The van der Waals surface area contributed by atoms with Gasteiger partial charge in [-0.25, -0.2) is 9.50 Å². The van der Waals surface area contributed by atoms with Crippen LogP contribution in [-0.4, -0.2) is 59.8 Å². The Balaban J connectivity index is 1.38. The highest BCUT2D eigenvalue weighted by Gasteiger charge is 2.21. The number of rotatable bonds is 7. The van der Waals surface area contributed by atoms with E-state index in [4.69, 9.17) is 5.73 Å². The van der Waals surface area contributed by atoms with Crippen molar-refractivity contribution in [3.63, 3.8) is 0 Å². The van der Waals surface area contributed by atoms with E-state index in [1.165, 1.54) is 6.20 Å². The van der Waals surface area contributed by atoms with Gasteiger partial charge in [-0.2, -0.15) is 4.80 Å². The van der Waals surface area contributed by atoms with E-state index in [1.54, 1.807) is 9.31 Å². The van der Waals surface area contributed by atoms with E-state index in [9.17, 15) is 4.79 Å². The Labute approximate surface area is 208 Å². The van der Waals surface area contributed by atoms with Crippen molar-refractivity contribution in [1.82, 2.24) is 34.8 Å².